The molecule has 1 amide bonds. The van der Waals surface area contributed by atoms with Crippen molar-refractivity contribution in [3.8, 4) is 0 Å². The molecule has 3 rings (SSSR count). The Kier molecular flexibility index (Phi) is 5.98. The third-order valence-electron chi connectivity index (χ3n) is 4.86. The molecule has 27 heavy (non-hydrogen) atoms. The monoisotopic (exact) mass is 390 g/mol. The molecule has 1 aliphatic rings. The van der Waals surface area contributed by atoms with Crippen LogP contribution in [0.4, 0.5) is 5.69 Å². The summed E-state index contributed by atoms with van der Waals surface area (Å²) in [6, 6.07) is 10.2. The van der Waals surface area contributed by atoms with Gasteiger partial charge < -0.3 is 9.88 Å². The van der Waals surface area contributed by atoms with Crippen LogP contribution in [-0.4, -0.2) is 43.4 Å². The summed E-state index contributed by atoms with van der Waals surface area (Å²) in [6.07, 6.45) is 4.25. The quantitative estimate of drug-likeness (QED) is 0.758. The molecule has 1 saturated heterocycles. The molecule has 0 aliphatic carbocycles. The van der Waals surface area contributed by atoms with E-state index in [-0.39, 0.29) is 16.8 Å². The van der Waals surface area contributed by atoms with Gasteiger partial charge in [0.2, 0.25) is 15.9 Å². The van der Waals surface area contributed by atoms with Crippen molar-refractivity contribution in [2.45, 2.75) is 30.7 Å². The third-order valence-corrected chi connectivity index (χ3v) is 6.30. The van der Waals surface area contributed by atoms with Crippen LogP contribution in [0.15, 0.2) is 47.5 Å². The standard InChI is InChI=1S/C19H26N4O3S/c1-15(24)21-16-7-9-17(10-8-16)27(25,26)20-14-19(23-12-3-4-13-23)18-6-5-11-22(18)2/h5-11,19-20H,3-4,12-14H2,1-2H3,(H,21,24). The molecule has 0 spiro atoms. The summed E-state index contributed by atoms with van der Waals surface area (Å²) in [5.41, 5.74) is 1.67. The van der Waals surface area contributed by atoms with Crippen LogP contribution in [0.1, 0.15) is 31.5 Å². The molecule has 2 N–H and O–H groups in total. The number of sulfonamides is 1. The first kappa shape index (κ1) is 19.6. The Bertz CT molecular complexity index is 884. The second kappa shape index (κ2) is 8.24. The minimum absolute atomic E-state index is 0.000859. The lowest BCUT2D eigenvalue weighted by atomic mass is 10.2. The van der Waals surface area contributed by atoms with Crippen molar-refractivity contribution in [1.82, 2.24) is 14.2 Å². The molecule has 7 nitrogen and oxygen atoms in total. The number of nitrogens with one attached hydrogen (secondary N) is 2. The van der Waals surface area contributed by atoms with Crippen LogP contribution in [0.3, 0.4) is 0 Å². The first-order valence-electron chi connectivity index (χ1n) is 9.09. The number of aromatic nitrogens is 1. The van der Waals surface area contributed by atoms with E-state index in [9.17, 15) is 13.2 Å². The lowest BCUT2D eigenvalue weighted by Crippen LogP contribution is -2.37. The predicted molar refractivity (Wildman–Crippen MR) is 105 cm³/mol. The maximum absolute atomic E-state index is 12.7. The Hall–Kier alpha value is -2.16. The SMILES string of the molecule is CC(=O)Nc1ccc(S(=O)(=O)NCC(c2cccn2C)N2CCCC2)cc1. The van der Waals surface area contributed by atoms with E-state index in [2.05, 4.69) is 14.9 Å². The number of likely N-dealkylation sites (tertiary alicyclic amines) is 1. The zero-order valence-electron chi connectivity index (χ0n) is 15.7. The maximum atomic E-state index is 12.7. The second-order valence-corrected chi connectivity index (χ2v) is 8.63. The van der Waals surface area contributed by atoms with Crippen LogP contribution >= 0.6 is 0 Å². The van der Waals surface area contributed by atoms with Gasteiger partial charge in [0, 0.05) is 38.1 Å². The fraction of sp³-hybridized carbons (Fsp3) is 0.421. The number of hydrogen-bond acceptors (Lipinski definition) is 4. The van der Waals surface area contributed by atoms with Crippen molar-refractivity contribution >= 4 is 21.6 Å². The molecule has 1 aromatic carbocycles. The molecule has 0 radical (unpaired) electrons. The Morgan fingerprint density at radius 2 is 1.81 bits per heavy atom. The van der Waals surface area contributed by atoms with E-state index in [1.165, 1.54) is 19.1 Å². The molecule has 2 heterocycles. The molecule has 2 aromatic rings. The van der Waals surface area contributed by atoms with Gasteiger partial charge in [-0.1, -0.05) is 0 Å². The maximum Gasteiger partial charge on any atom is 0.240 e. The largest absolute Gasteiger partial charge is 0.353 e. The van der Waals surface area contributed by atoms with Crippen molar-refractivity contribution in [2.24, 2.45) is 7.05 Å². The minimum Gasteiger partial charge on any atom is -0.353 e. The van der Waals surface area contributed by atoms with Gasteiger partial charge in [-0.15, -0.1) is 0 Å². The Morgan fingerprint density at radius 1 is 1.15 bits per heavy atom. The van der Waals surface area contributed by atoms with E-state index < -0.39 is 10.0 Å². The third kappa shape index (κ3) is 4.77. The van der Waals surface area contributed by atoms with Gasteiger partial charge >= 0.3 is 0 Å². The highest BCUT2D eigenvalue weighted by Gasteiger charge is 2.27. The van der Waals surface area contributed by atoms with Crippen LogP contribution in [-0.2, 0) is 21.9 Å². The van der Waals surface area contributed by atoms with Crippen molar-refractivity contribution in [3.05, 3.63) is 48.3 Å². The molecule has 146 valence electrons. The van der Waals surface area contributed by atoms with Gasteiger partial charge in [-0.25, -0.2) is 13.1 Å². The molecule has 1 aromatic heterocycles. The molecule has 0 saturated carbocycles. The number of carbonyl (C=O) groups excluding carboxylic acids is 1. The number of carbonyl (C=O) groups is 1. The molecular weight excluding hydrogens is 364 g/mol. The zero-order valence-corrected chi connectivity index (χ0v) is 16.5. The number of amides is 1. The van der Waals surface area contributed by atoms with Crippen molar-refractivity contribution in [2.75, 3.05) is 25.0 Å². The van der Waals surface area contributed by atoms with Crippen LogP contribution < -0.4 is 10.0 Å². The smallest absolute Gasteiger partial charge is 0.240 e. The second-order valence-electron chi connectivity index (χ2n) is 6.86. The van der Waals surface area contributed by atoms with Gasteiger partial charge in [0.25, 0.3) is 0 Å². The van der Waals surface area contributed by atoms with E-state index in [0.29, 0.717) is 12.2 Å². The van der Waals surface area contributed by atoms with Crippen LogP contribution in [0.5, 0.6) is 0 Å². The molecule has 0 bridgehead atoms. The fourth-order valence-corrected chi connectivity index (χ4v) is 4.53. The number of benzene rings is 1. The lowest BCUT2D eigenvalue weighted by molar-refractivity contribution is -0.114. The topological polar surface area (TPSA) is 83.4 Å². The summed E-state index contributed by atoms with van der Waals surface area (Å²) in [5, 5.41) is 2.63. The number of aryl methyl sites for hydroxylation is 1. The van der Waals surface area contributed by atoms with Crippen molar-refractivity contribution in [1.29, 1.82) is 0 Å². The highest BCUT2D eigenvalue weighted by molar-refractivity contribution is 7.89. The average molecular weight is 391 g/mol. The van der Waals surface area contributed by atoms with Gasteiger partial charge in [-0.05, 0) is 62.3 Å². The van der Waals surface area contributed by atoms with Gasteiger partial charge in [0.1, 0.15) is 0 Å². The average Bonchev–Trinajstić information content (AvgIpc) is 3.28. The van der Waals surface area contributed by atoms with E-state index in [1.54, 1.807) is 12.1 Å². The lowest BCUT2D eigenvalue weighted by Gasteiger charge is -2.28. The van der Waals surface area contributed by atoms with Crippen molar-refractivity contribution < 1.29 is 13.2 Å². The highest BCUT2D eigenvalue weighted by Crippen LogP contribution is 2.25. The summed E-state index contributed by atoms with van der Waals surface area (Å²) < 4.78 is 30.2. The molecular formula is C19H26N4O3S. The molecule has 1 atom stereocenters. The normalized spacial score (nSPS) is 16.4. The summed E-state index contributed by atoms with van der Waals surface area (Å²) in [4.78, 5) is 13.6. The van der Waals surface area contributed by atoms with E-state index in [0.717, 1.165) is 31.6 Å². The number of rotatable bonds is 7. The molecule has 8 heteroatoms. The summed E-state index contributed by atoms with van der Waals surface area (Å²) in [7, 11) is -1.65. The molecule has 1 aliphatic heterocycles. The van der Waals surface area contributed by atoms with Gasteiger partial charge in [-0.3, -0.25) is 9.69 Å². The molecule has 1 fully saturated rings. The van der Waals surface area contributed by atoms with Gasteiger partial charge in [0.15, 0.2) is 0 Å². The predicted octanol–water partition coefficient (Wildman–Crippen LogP) is 2.10. The number of nitrogens with zero attached hydrogens (tertiary/aromatic N) is 2. The minimum atomic E-state index is -3.63. The summed E-state index contributed by atoms with van der Waals surface area (Å²) in [6.45, 7) is 3.67. The Balaban J connectivity index is 1.73. The molecule has 1 unspecified atom stereocenters. The Labute approximate surface area is 160 Å². The van der Waals surface area contributed by atoms with Crippen molar-refractivity contribution in [3.63, 3.8) is 0 Å². The first-order chi connectivity index (χ1) is 12.9. The summed E-state index contributed by atoms with van der Waals surface area (Å²) in [5.74, 6) is -0.195. The van der Waals surface area contributed by atoms with Crippen LogP contribution in [0, 0.1) is 0 Å². The van der Waals surface area contributed by atoms with E-state index >= 15 is 0 Å². The van der Waals surface area contributed by atoms with Gasteiger partial charge in [0.05, 0.1) is 10.9 Å². The fourth-order valence-electron chi connectivity index (χ4n) is 3.49. The first-order valence-corrected chi connectivity index (χ1v) is 10.6. The Morgan fingerprint density at radius 3 is 2.37 bits per heavy atom. The zero-order chi connectivity index (χ0) is 19.4. The highest BCUT2D eigenvalue weighted by atomic mass is 32.2. The van der Waals surface area contributed by atoms with Crippen LogP contribution in [0.2, 0.25) is 0 Å². The van der Waals surface area contributed by atoms with E-state index in [1.807, 2.05) is 29.9 Å². The van der Waals surface area contributed by atoms with Crippen LogP contribution in [0.25, 0.3) is 0 Å². The van der Waals surface area contributed by atoms with E-state index in [4.69, 9.17) is 0 Å². The summed E-state index contributed by atoms with van der Waals surface area (Å²) >= 11 is 0. The number of hydrogen-bond donors (Lipinski definition) is 2. The van der Waals surface area contributed by atoms with Gasteiger partial charge in [-0.2, -0.15) is 0 Å². The number of anilines is 1.